The normalized spacial score (nSPS) is 10.9. The molecule has 1 rings (SSSR count). The zero-order valence-corrected chi connectivity index (χ0v) is 9.61. The first kappa shape index (κ1) is 14.8. The summed E-state index contributed by atoms with van der Waals surface area (Å²) in [6, 6.07) is 2.71. The second-order valence-corrected chi connectivity index (χ2v) is 3.42. The maximum Gasteiger partial charge on any atom is 0.337 e. The van der Waals surface area contributed by atoms with Crippen molar-refractivity contribution in [3.8, 4) is 5.75 Å². The van der Waals surface area contributed by atoms with Crippen LogP contribution >= 0.6 is 0 Å². The number of hydrogen-bond acceptors (Lipinski definition) is 5. The van der Waals surface area contributed by atoms with Crippen molar-refractivity contribution >= 4 is 11.9 Å². The van der Waals surface area contributed by atoms with Gasteiger partial charge in [-0.3, -0.25) is 0 Å². The summed E-state index contributed by atoms with van der Waals surface area (Å²) >= 11 is 0. The van der Waals surface area contributed by atoms with Gasteiger partial charge in [0.2, 0.25) is 0 Å². The molecule has 19 heavy (non-hydrogen) atoms. The molecule has 0 aliphatic carbocycles. The minimum atomic E-state index is -4.24. The maximum atomic E-state index is 13.4. The fourth-order valence-corrected chi connectivity index (χ4v) is 1.09. The van der Waals surface area contributed by atoms with Gasteiger partial charge in [0.25, 0.3) is 0 Å². The molecule has 0 amide bonds. The second kappa shape index (κ2) is 5.59. The van der Waals surface area contributed by atoms with Gasteiger partial charge in [-0.1, -0.05) is 0 Å². The summed E-state index contributed by atoms with van der Waals surface area (Å²) in [5.74, 6) is -9.40. The molecule has 0 radical (unpaired) electrons. The molecular formula is C11H8F3O5-. The van der Waals surface area contributed by atoms with Gasteiger partial charge >= 0.3 is 11.9 Å². The Bertz CT molecular complexity index is 501. The predicted octanol–water partition coefficient (Wildman–Crippen LogP) is 0.376. The van der Waals surface area contributed by atoms with Crippen molar-refractivity contribution in [2.24, 2.45) is 0 Å². The molecule has 1 aromatic carbocycles. The molecule has 0 spiro atoms. The number of carbonyl (C=O) groups is 2. The van der Waals surface area contributed by atoms with Crippen LogP contribution in [0.1, 0.15) is 10.4 Å². The van der Waals surface area contributed by atoms with Gasteiger partial charge in [0.1, 0.15) is 5.97 Å². The van der Waals surface area contributed by atoms with Gasteiger partial charge in [0.05, 0.1) is 12.7 Å². The zero-order valence-electron chi connectivity index (χ0n) is 9.61. The van der Waals surface area contributed by atoms with Gasteiger partial charge in [-0.15, -0.1) is 0 Å². The standard InChI is InChI=1S/C11H9F3O5/c1-18-9(15)6-2-3-8(7(12)4-6)19-5-11(13,14)10(16)17/h2-4H,5H2,1H3,(H,16,17)/p-1. The summed E-state index contributed by atoms with van der Waals surface area (Å²) in [6.45, 7) is -1.58. The van der Waals surface area contributed by atoms with Gasteiger partial charge in [-0.2, -0.15) is 8.78 Å². The molecule has 0 aliphatic rings. The Morgan fingerprint density at radius 1 is 1.37 bits per heavy atom. The maximum absolute atomic E-state index is 13.4. The SMILES string of the molecule is COC(=O)c1ccc(OCC(F)(F)C(=O)[O-])c(F)c1. The summed E-state index contributed by atoms with van der Waals surface area (Å²) in [7, 11) is 1.09. The Labute approximate surface area is 105 Å². The average molecular weight is 277 g/mol. The van der Waals surface area contributed by atoms with E-state index in [1.54, 1.807) is 0 Å². The van der Waals surface area contributed by atoms with Gasteiger partial charge < -0.3 is 19.4 Å². The van der Waals surface area contributed by atoms with Crippen LogP contribution in [0.4, 0.5) is 13.2 Å². The van der Waals surface area contributed by atoms with Crippen molar-refractivity contribution in [3.63, 3.8) is 0 Å². The van der Waals surface area contributed by atoms with Crippen LogP contribution in [0.3, 0.4) is 0 Å². The first-order valence-corrected chi connectivity index (χ1v) is 4.88. The summed E-state index contributed by atoms with van der Waals surface area (Å²) in [4.78, 5) is 21.1. The fraction of sp³-hybridized carbons (Fsp3) is 0.273. The van der Waals surface area contributed by atoms with Crippen LogP contribution in [-0.2, 0) is 9.53 Å². The van der Waals surface area contributed by atoms with Crippen molar-refractivity contribution in [2.75, 3.05) is 13.7 Å². The largest absolute Gasteiger partial charge is 0.544 e. The molecule has 0 bridgehead atoms. The highest BCUT2D eigenvalue weighted by atomic mass is 19.3. The lowest BCUT2D eigenvalue weighted by Crippen LogP contribution is -2.45. The number of carboxylic acids is 1. The molecule has 0 N–H and O–H groups in total. The number of carboxylic acid groups (broad SMARTS) is 1. The Morgan fingerprint density at radius 3 is 2.47 bits per heavy atom. The number of benzene rings is 1. The highest BCUT2D eigenvalue weighted by Crippen LogP contribution is 2.21. The third-order valence-corrected chi connectivity index (χ3v) is 2.06. The van der Waals surface area contributed by atoms with Crippen molar-refractivity contribution in [1.29, 1.82) is 0 Å². The lowest BCUT2D eigenvalue weighted by molar-refractivity contribution is -0.331. The summed E-state index contributed by atoms with van der Waals surface area (Å²) < 4.78 is 47.3. The Balaban J connectivity index is 2.81. The van der Waals surface area contributed by atoms with E-state index in [-0.39, 0.29) is 5.56 Å². The number of esters is 1. The Morgan fingerprint density at radius 2 is 2.00 bits per heavy atom. The molecule has 0 unspecified atom stereocenters. The van der Waals surface area contributed by atoms with E-state index in [9.17, 15) is 27.9 Å². The van der Waals surface area contributed by atoms with Gasteiger partial charge in [0, 0.05) is 0 Å². The molecule has 0 saturated heterocycles. The van der Waals surface area contributed by atoms with Crippen LogP contribution in [0.15, 0.2) is 18.2 Å². The van der Waals surface area contributed by atoms with Crippen LogP contribution < -0.4 is 9.84 Å². The molecule has 0 aliphatic heterocycles. The van der Waals surface area contributed by atoms with Crippen LogP contribution in [0.25, 0.3) is 0 Å². The van der Waals surface area contributed by atoms with Gasteiger partial charge in [-0.25, -0.2) is 9.18 Å². The average Bonchev–Trinajstić information content (AvgIpc) is 2.36. The molecule has 0 atom stereocenters. The van der Waals surface area contributed by atoms with E-state index in [2.05, 4.69) is 9.47 Å². The summed E-state index contributed by atoms with van der Waals surface area (Å²) in [5, 5.41) is 10.0. The zero-order chi connectivity index (χ0) is 14.6. The molecule has 0 aromatic heterocycles. The van der Waals surface area contributed by atoms with E-state index in [1.807, 2.05) is 0 Å². The van der Waals surface area contributed by atoms with Crippen LogP contribution in [0, 0.1) is 5.82 Å². The molecule has 8 heteroatoms. The van der Waals surface area contributed by atoms with Gasteiger partial charge in [0.15, 0.2) is 18.2 Å². The van der Waals surface area contributed by atoms with Crippen LogP contribution in [0.5, 0.6) is 5.75 Å². The fourth-order valence-electron chi connectivity index (χ4n) is 1.09. The first-order chi connectivity index (χ1) is 8.77. The topological polar surface area (TPSA) is 75.7 Å². The van der Waals surface area contributed by atoms with Crippen molar-refractivity contribution in [1.82, 2.24) is 0 Å². The highest BCUT2D eigenvalue weighted by Gasteiger charge is 2.32. The second-order valence-electron chi connectivity index (χ2n) is 3.42. The third-order valence-electron chi connectivity index (χ3n) is 2.06. The molecule has 5 nitrogen and oxygen atoms in total. The number of alkyl halides is 2. The third kappa shape index (κ3) is 3.60. The van der Waals surface area contributed by atoms with Crippen molar-refractivity contribution < 1.29 is 37.3 Å². The predicted molar refractivity (Wildman–Crippen MR) is 53.2 cm³/mol. The van der Waals surface area contributed by atoms with E-state index >= 15 is 0 Å². The number of ether oxygens (including phenoxy) is 2. The molecule has 1 aromatic rings. The monoisotopic (exact) mass is 277 g/mol. The van der Waals surface area contributed by atoms with E-state index in [0.717, 1.165) is 25.3 Å². The minimum absolute atomic E-state index is 0.140. The van der Waals surface area contributed by atoms with Crippen LogP contribution in [-0.4, -0.2) is 31.6 Å². The number of halogens is 3. The Hall–Kier alpha value is -2.25. The minimum Gasteiger partial charge on any atom is -0.544 e. The molecule has 0 heterocycles. The number of aliphatic carboxylic acids is 1. The van der Waals surface area contributed by atoms with Crippen molar-refractivity contribution in [3.05, 3.63) is 29.6 Å². The lowest BCUT2D eigenvalue weighted by atomic mass is 10.2. The Kier molecular flexibility index (Phi) is 4.36. The smallest absolute Gasteiger partial charge is 0.337 e. The molecule has 0 saturated carbocycles. The van der Waals surface area contributed by atoms with E-state index < -0.39 is 36.0 Å². The van der Waals surface area contributed by atoms with Crippen LogP contribution in [0.2, 0.25) is 0 Å². The van der Waals surface area contributed by atoms with Gasteiger partial charge in [-0.05, 0) is 18.2 Å². The summed E-state index contributed by atoms with van der Waals surface area (Å²) in [5.41, 5.74) is -0.140. The first-order valence-electron chi connectivity index (χ1n) is 4.88. The molecule has 0 fully saturated rings. The number of carbonyl (C=O) groups excluding carboxylic acids is 2. The molecule has 104 valence electrons. The summed E-state index contributed by atoms with van der Waals surface area (Å²) in [6.07, 6.45) is 0. The molecular weight excluding hydrogens is 269 g/mol. The number of hydrogen-bond donors (Lipinski definition) is 0. The van der Waals surface area contributed by atoms with E-state index in [4.69, 9.17) is 0 Å². The van der Waals surface area contributed by atoms with E-state index in [0.29, 0.717) is 0 Å². The quantitative estimate of drug-likeness (QED) is 0.727. The van der Waals surface area contributed by atoms with E-state index in [1.165, 1.54) is 0 Å². The number of methoxy groups -OCH3 is 1. The van der Waals surface area contributed by atoms with Crippen molar-refractivity contribution in [2.45, 2.75) is 5.92 Å². The lowest BCUT2D eigenvalue weighted by Gasteiger charge is -2.17. The number of rotatable bonds is 5. The highest BCUT2D eigenvalue weighted by molar-refractivity contribution is 5.89.